The Morgan fingerprint density at radius 1 is 1.35 bits per heavy atom. The van der Waals surface area contributed by atoms with E-state index >= 15 is 0 Å². The number of likely N-dealkylation sites (tertiary alicyclic amines) is 1. The van der Waals surface area contributed by atoms with Crippen LogP contribution in [0.15, 0.2) is 30.3 Å². The summed E-state index contributed by atoms with van der Waals surface area (Å²) in [6, 6.07) is 9.15. The van der Waals surface area contributed by atoms with Crippen LogP contribution in [-0.2, 0) is 16.0 Å². The molecule has 0 aliphatic carbocycles. The summed E-state index contributed by atoms with van der Waals surface area (Å²) in [6.07, 6.45) is 1.49. The maximum atomic E-state index is 11.6. The molecule has 1 heterocycles. The zero-order chi connectivity index (χ0) is 12.3. The van der Waals surface area contributed by atoms with Crippen molar-refractivity contribution in [1.29, 1.82) is 0 Å². The van der Waals surface area contributed by atoms with E-state index in [1.54, 1.807) is 0 Å². The van der Waals surface area contributed by atoms with E-state index in [0.29, 0.717) is 25.8 Å². The number of rotatable bonds is 4. The average Bonchev–Trinajstić information content (AvgIpc) is 2.69. The lowest BCUT2D eigenvalue weighted by atomic mass is 10.1. The SMILES string of the molecule is O=C(O)[C@@H]1CCC(=O)N1CCc1ccccc1. The van der Waals surface area contributed by atoms with Crippen molar-refractivity contribution in [3.63, 3.8) is 0 Å². The third-order valence-corrected chi connectivity index (χ3v) is 3.10. The molecule has 1 atom stereocenters. The first-order valence-corrected chi connectivity index (χ1v) is 5.74. The molecule has 1 aliphatic rings. The molecule has 0 unspecified atom stereocenters. The fourth-order valence-electron chi connectivity index (χ4n) is 2.17. The largest absolute Gasteiger partial charge is 0.480 e. The molecule has 1 fully saturated rings. The summed E-state index contributed by atoms with van der Waals surface area (Å²) in [5.41, 5.74) is 1.12. The van der Waals surface area contributed by atoms with Gasteiger partial charge in [0.1, 0.15) is 6.04 Å². The minimum Gasteiger partial charge on any atom is -0.480 e. The van der Waals surface area contributed by atoms with Gasteiger partial charge in [0.15, 0.2) is 0 Å². The zero-order valence-electron chi connectivity index (χ0n) is 9.50. The number of carbonyl (C=O) groups excluding carboxylic acids is 1. The van der Waals surface area contributed by atoms with Gasteiger partial charge in [0.05, 0.1) is 0 Å². The molecule has 1 aromatic carbocycles. The average molecular weight is 233 g/mol. The summed E-state index contributed by atoms with van der Waals surface area (Å²) in [4.78, 5) is 24.0. The van der Waals surface area contributed by atoms with Gasteiger partial charge in [-0.3, -0.25) is 4.79 Å². The van der Waals surface area contributed by atoms with Crippen LogP contribution >= 0.6 is 0 Å². The molecule has 0 bridgehead atoms. The Morgan fingerprint density at radius 2 is 2.06 bits per heavy atom. The zero-order valence-corrected chi connectivity index (χ0v) is 9.50. The first-order chi connectivity index (χ1) is 8.18. The van der Waals surface area contributed by atoms with Gasteiger partial charge >= 0.3 is 5.97 Å². The van der Waals surface area contributed by atoms with Gasteiger partial charge in [0.25, 0.3) is 0 Å². The molecule has 4 nitrogen and oxygen atoms in total. The van der Waals surface area contributed by atoms with E-state index in [1.807, 2.05) is 30.3 Å². The number of aliphatic carboxylic acids is 1. The molecule has 1 aliphatic heterocycles. The smallest absolute Gasteiger partial charge is 0.326 e. The Balaban J connectivity index is 1.98. The number of carbonyl (C=O) groups is 2. The van der Waals surface area contributed by atoms with E-state index in [1.165, 1.54) is 4.90 Å². The molecule has 17 heavy (non-hydrogen) atoms. The third kappa shape index (κ3) is 2.64. The highest BCUT2D eigenvalue weighted by Crippen LogP contribution is 2.19. The van der Waals surface area contributed by atoms with Crippen molar-refractivity contribution in [3.8, 4) is 0 Å². The minimum atomic E-state index is -0.899. The molecular weight excluding hydrogens is 218 g/mol. The van der Waals surface area contributed by atoms with Crippen LogP contribution in [-0.4, -0.2) is 34.5 Å². The molecular formula is C13H15NO3. The van der Waals surface area contributed by atoms with E-state index in [4.69, 9.17) is 5.11 Å². The Morgan fingerprint density at radius 3 is 2.71 bits per heavy atom. The van der Waals surface area contributed by atoms with Crippen LogP contribution in [0.2, 0.25) is 0 Å². The topological polar surface area (TPSA) is 57.6 Å². The molecule has 1 N–H and O–H groups in total. The summed E-state index contributed by atoms with van der Waals surface area (Å²) < 4.78 is 0. The predicted octanol–water partition coefficient (Wildman–Crippen LogP) is 1.30. The van der Waals surface area contributed by atoms with Crippen LogP contribution in [0.25, 0.3) is 0 Å². The molecule has 1 saturated heterocycles. The van der Waals surface area contributed by atoms with Gasteiger partial charge in [-0.25, -0.2) is 4.79 Å². The maximum Gasteiger partial charge on any atom is 0.326 e. The number of benzene rings is 1. The normalized spacial score (nSPS) is 19.6. The van der Waals surface area contributed by atoms with Crippen molar-refractivity contribution in [2.45, 2.75) is 25.3 Å². The van der Waals surface area contributed by atoms with E-state index < -0.39 is 12.0 Å². The summed E-state index contributed by atoms with van der Waals surface area (Å²) >= 11 is 0. The highest BCUT2D eigenvalue weighted by molar-refractivity contribution is 5.87. The molecule has 1 amide bonds. The Bertz CT molecular complexity index is 416. The monoisotopic (exact) mass is 233 g/mol. The lowest BCUT2D eigenvalue weighted by Gasteiger charge is -2.21. The minimum absolute atomic E-state index is 0.0478. The Kier molecular flexibility index (Phi) is 3.42. The van der Waals surface area contributed by atoms with E-state index in [2.05, 4.69) is 0 Å². The van der Waals surface area contributed by atoms with E-state index in [-0.39, 0.29) is 5.91 Å². The number of amides is 1. The number of hydrogen-bond donors (Lipinski definition) is 1. The molecule has 4 heteroatoms. The molecule has 0 saturated carbocycles. The molecule has 0 aromatic heterocycles. The highest BCUT2D eigenvalue weighted by atomic mass is 16.4. The summed E-state index contributed by atoms with van der Waals surface area (Å²) in [6.45, 7) is 0.486. The van der Waals surface area contributed by atoms with Crippen LogP contribution in [0.1, 0.15) is 18.4 Å². The van der Waals surface area contributed by atoms with Crippen LogP contribution in [0, 0.1) is 0 Å². The fraction of sp³-hybridized carbons (Fsp3) is 0.385. The molecule has 90 valence electrons. The van der Waals surface area contributed by atoms with Gasteiger partial charge in [-0.15, -0.1) is 0 Å². The predicted molar refractivity (Wildman–Crippen MR) is 62.5 cm³/mol. The number of carboxylic acid groups (broad SMARTS) is 1. The fourth-order valence-corrected chi connectivity index (χ4v) is 2.17. The van der Waals surface area contributed by atoms with Crippen LogP contribution in [0.3, 0.4) is 0 Å². The number of carboxylic acids is 1. The van der Waals surface area contributed by atoms with Gasteiger partial charge in [0.2, 0.25) is 5.91 Å². The third-order valence-electron chi connectivity index (χ3n) is 3.10. The first kappa shape index (κ1) is 11.6. The quantitative estimate of drug-likeness (QED) is 0.852. The molecule has 0 radical (unpaired) electrons. The second kappa shape index (κ2) is 4.99. The molecule has 2 rings (SSSR count). The van der Waals surface area contributed by atoms with Crippen molar-refractivity contribution in [2.24, 2.45) is 0 Å². The van der Waals surface area contributed by atoms with Crippen molar-refractivity contribution < 1.29 is 14.7 Å². The van der Waals surface area contributed by atoms with Gasteiger partial charge in [0, 0.05) is 13.0 Å². The second-order valence-corrected chi connectivity index (χ2v) is 4.22. The first-order valence-electron chi connectivity index (χ1n) is 5.74. The van der Waals surface area contributed by atoms with Gasteiger partial charge in [-0.05, 0) is 18.4 Å². The lowest BCUT2D eigenvalue weighted by molar-refractivity contribution is -0.146. The van der Waals surface area contributed by atoms with E-state index in [9.17, 15) is 9.59 Å². The van der Waals surface area contributed by atoms with Crippen molar-refractivity contribution in [3.05, 3.63) is 35.9 Å². The van der Waals surface area contributed by atoms with Gasteiger partial charge < -0.3 is 10.0 Å². The van der Waals surface area contributed by atoms with Crippen LogP contribution < -0.4 is 0 Å². The molecule has 0 spiro atoms. The number of hydrogen-bond acceptors (Lipinski definition) is 2. The summed E-state index contributed by atoms with van der Waals surface area (Å²) in [5, 5.41) is 9.00. The lowest BCUT2D eigenvalue weighted by Crippen LogP contribution is -2.39. The number of nitrogens with zero attached hydrogens (tertiary/aromatic N) is 1. The highest BCUT2D eigenvalue weighted by Gasteiger charge is 2.35. The standard InChI is InChI=1S/C13H15NO3/c15-12-7-6-11(13(16)17)14(12)9-8-10-4-2-1-3-5-10/h1-5,11H,6-9H2,(H,16,17)/t11-/m0/s1. The molecule has 1 aromatic rings. The van der Waals surface area contributed by atoms with Crippen molar-refractivity contribution in [1.82, 2.24) is 4.90 Å². The van der Waals surface area contributed by atoms with Gasteiger partial charge in [-0.1, -0.05) is 30.3 Å². The van der Waals surface area contributed by atoms with Gasteiger partial charge in [-0.2, -0.15) is 0 Å². The maximum absolute atomic E-state index is 11.6. The van der Waals surface area contributed by atoms with Crippen molar-refractivity contribution >= 4 is 11.9 Å². The Hall–Kier alpha value is -1.84. The van der Waals surface area contributed by atoms with Crippen molar-refractivity contribution in [2.75, 3.05) is 6.54 Å². The second-order valence-electron chi connectivity index (χ2n) is 4.22. The van der Waals surface area contributed by atoms with Crippen LogP contribution in [0.5, 0.6) is 0 Å². The summed E-state index contributed by atoms with van der Waals surface area (Å²) in [5.74, 6) is -0.947. The summed E-state index contributed by atoms with van der Waals surface area (Å²) in [7, 11) is 0. The Labute approximate surface area is 99.9 Å². The van der Waals surface area contributed by atoms with E-state index in [0.717, 1.165) is 5.56 Å². The van der Waals surface area contributed by atoms with Crippen LogP contribution in [0.4, 0.5) is 0 Å².